The Morgan fingerprint density at radius 3 is 1.38 bits per heavy atom. The predicted octanol–water partition coefficient (Wildman–Crippen LogP) is 1.94. The number of aromatic carboxylic acids is 2. The van der Waals surface area contributed by atoms with Gasteiger partial charge < -0.3 is 20.8 Å². The van der Waals surface area contributed by atoms with Crippen LogP contribution in [-0.2, 0) is 0 Å². The fourth-order valence-corrected chi connectivity index (χ4v) is 3.09. The Labute approximate surface area is 147 Å². The number of rotatable bonds is 4. The summed E-state index contributed by atoms with van der Waals surface area (Å²) in [5, 5.41) is 24.2. The van der Waals surface area contributed by atoms with Gasteiger partial charge in [0.2, 0.25) is 0 Å². The van der Waals surface area contributed by atoms with Crippen molar-refractivity contribution >= 4 is 34.9 Å². The number of benzene rings is 2. The molecule has 0 aliphatic heterocycles. The Morgan fingerprint density at radius 2 is 1.12 bits per heavy atom. The number of carboxylic acid groups (broad SMARTS) is 2. The van der Waals surface area contributed by atoms with Gasteiger partial charge in [0.1, 0.15) is 0 Å². The van der Waals surface area contributed by atoms with Crippen molar-refractivity contribution in [2.24, 2.45) is 0 Å². The first-order chi connectivity index (χ1) is 12.3. The second kappa shape index (κ2) is 5.99. The molecule has 3 rings (SSSR count). The quantitative estimate of drug-likeness (QED) is 0.559. The zero-order chi connectivity index (χ0) is 19.2. The van der Waals surface area contributed by atoms with Crippen molar-refractivity contribution in [1.29, 1.82) is 0 Å². The largest absolute Gasteiger partial charge is 0.478 e. The van der Waals surface area contributed by atoms with Gasteiger partial charge in [-0.25, -0.2) is 9.59 Å². The molecule has 132 valence electrons. The summed E-state index contributed by atoms with van der Waals surface area (Å²) in [5.41, 5.74) is -0.269. The molecule has 0 unspecified atom stereocenters. The van der Waals surface area contributed by atoms with Gasteiger partial charge in [0.15, 0.2) is 11.6 Å². The van der Waals surface area contributed by atoms with Crippen LogP contribution in [-0.4, -0.2) is 47.8 Å². The van der Waals surface area contributed by atoms with Crippen LogP contribution in [0.3, 0.4) is 0 Å². The summed E-state index contributed by atoms with van der Waals surface area (Å²) in [6.07, 6.45) is 0. The highest BCUT2D eigenvalue weighted by atomic mass is 16.4. The van der Waals surface area contributed by atoms with E-state index >= 15 is 0 Å². The van der Waals surface area contributed by atoms with Crippen LogP contribution in [0.5, 0.6) is 0 Å². The lowest BCUT2D eigenvalue weighted by molar-refractivity contribution is 0.0651. The molecule has 8 heteroatoms. The zero-order valence-electron chi connectivity index (χ0n) is 13.8. The third-order valence-electron chi connectivity index (χ3n) is 4.31. The smallest absolute Gasteiger partial charge is 0.336 e. The number of anilines is 2. The number of ketones is 2. The molecule has 1 aliphatic carbocycles. The highest BCUT2D eigenvalue weighted by Gasteiger charge is 2.36. The second-order valence-electron chi connectivity index (χ2n) is 5.62. The molecule has 2 aromatic carbocycles. The van der Waals surface area contributed by atoms with Crippen molar-refractivity contribution in [3.63, 3.8) is 0 Å². The molecule has 4 N–H and O–H groups in total. The van der Waals surface area contributed by atoms with Crippen LogP contribution in [0.2, 0.25) is 0 Å². The fraction of sp³-hybridized carbons (Fsp3) is 0.111. The summed E-state index contributed by atoms with van der Waals surface area (Å²) in [4.78, 5) is 48.8. The maximum atomic E-state index is 13.0. The molecule has 0 atom stereocenters. The van der Waals surface area contributed by atoms with E-state index in [0.29, 0.717) is 11.4 Å². The van der Waals surface area contributed by atoms with Gasteiger partial charge in [-0.3, -0.25) is 9.59 Å². The molecule has 0 aromatic heterocycles. The van der Waals surface area contributed by atoms with Crippen molar-refractivity contribution < 1.29 is 29.4 Å². The molecule has 0 saturated heterocycles. The molecule has 2 aromatic rings. The topological polar surface area (TPSA) is 133 Å². The van der Waals surface area contributed by atoms with Crippen LogP contribution < -0.4 is 10.6 Å². The lowest BCUT2D eigenvalue weighted by atomic mass is 9.80. The Kier molecular flexibility index (Phi) is 3.96. The fourth-order valence-electron chi connectivity index (χ4n) is 3.09. The maximum absolute atomic E-state index is 13.0. The second-order valence-corrected chi connectivity index (χ2v) is 5.62. The van der Waals surface area contributed by atoms with Crippen LogP contribution in [0, 0.1) is 0 Å². The zero-order valence-corrected chi connectivity index (χ0v) is 13.8. The predicted molar refractivity (Wildman–Crippen MR) is 92.8 cm³/mol. The number of carbonyl (C=O) groups excluding carboxylic acids is 2. The minimum atomic E-state index is -1.49. The van der Waals surface area contributed by atoms with Gasteiger partial charge in [-0.2, -0.15) is 0 Å². The van der Waals surface area contributed by atoms with E-state index in [1.54, 1.807) is 26.2 Å². The minimum Gasteiger partial charge on any atom is -0.478 e. The number of hydrogen-bond donors (Lipinski definition) is 4. The third kappa shape index (κ3) is 2.31. The van der Waals surface area contributed by atoms with Gasteiger partial charge >= 0.3 is 11.9 Å². The van der Waals surface area contributed by atoms with Crippen molar-refractivity contribution in [1.82, 2.24) is 0 Å². The highest BCUT2D eigenvalue weighted by molar-refractivity contribution is 6.32. The number of fused-ring (bicyclic) bond motifs is 2. The molecule has 0 amide bonds. The van der Waals surface area contributed by atoms with E-state index in [9.17, 15) is 29.4 Å². The van der Waals surface area contributed by atoms with Crippen LogP contribution in [0.1, 0.15) is 52.6 Å². The molecule has 0 heterocycles. The van der Waals surface area contributed by atoms with Crippen LogP contribution in [0.15, 0.2) is 24.3 Å². The lowest BCUT2D eigenvalue weighted by Crippen LogP contribution is -2.25. The van der Waals surface area contributed by atoms with E-state index in [4.69, 9.17) is 0 Å². The number of carbonyl (C=O) groups is 4. The summed E-state index contributed by atoms with van der Waals surface area (Å²) < 4.78 is 0. The molecule has 8 nitrogen and oxygen atoms in total. The lowest BCUT2D eigenvalue weighted by Gasteiger charge is -2.23. The third-order valence-corrected chi connectivity index (χ3v) is 4.31. The van der Waals surface area contributed by atoms with E-state index in [0.717, 1.165) is 12.1 Å². The van der Waals surface area contributed by atoms with Crippen molar-refractivity contribution in [3.05, 3.63) is 57.6 Å². The molecule has 1 aliphatic rings. The first-order valence-electron chi connectivity index (χ1n) is 7.58. The highest BCUT2D eigenvalue weighted by Crippen LogP contribution is 2.37. The molecule has 26 heavy (non-hydrogen) atoms. The molecular weight excluding hydrogens is 340 g/mol. The number of carboxylic acids is 2. The van der Waals surface area contributed by atoms with E-state index in [1.807, 2.05) is 0 Å². The summed E-state index contributed by atoms with van der Waals surface area (Å²) in [7, 11) is 3.19. The Morgan fingerprint density at radius 1 is 0.769 bits per heavy atom. The van der Waals surface area contributed by atoms with Crippen molar-refractivity contribution in [2.75, 3.05) is 24.7 Å². The summed E-state index contributed by atoms with van der Waals surface area (Å²) in [6, 6.07) is 5.17. The molecule has 0 fully saturated rings. The van der Waals surface area contributed by atoms with Gasteiger partial charge in [-0.05, 0) is 24.3 Å². The standard InChI is InChI=1S/C18H14N2O6/c1-19-11-3-4-12(20-2)14-13(11)15(21)7-5-9(17(23)24)10(18(25)26)6-8(7)16(14)22/h3-6,19-20H,1-2H3,(H,23,24)(H,25,26). The molecule has 0 saturated carbocycles. The SMILES string of the molecule is CNc1ccc(NC)c2c1C(=O)c1cc(C(=O)O)c(C(=O)O)cc1C2=O. The monoisotopic (exact) mass is 354 g/mol. The van der Waals surface area contributed by atoms with E-state index < -0.39 is 34.6 Å². The van der Waals surface area contributed by atoms with E-state index in [2.05, 4.69) is 10.6 Å². The van der Waals surface area contributed by atoms with Crippen LogP contribution in [0.25, 0.3) is 0 Å². The average molecular weight is 354 g/mol. The van der Waals surface area contributed by atoms with Gasteiger partial charge in [0.25, 0.3) is 0 Å². The summed E-state index contributed by atoms with van der Waals surface area (Å²) >= 11 is 0. The van der Waals surface area contributed by atoms with Crippen LogP contribution in [0.4, 0.5) is 11.4 Å². The summed E-state index contributed by atoms with van der Waals surface area (Å²) in [6.45, 7) is 0. The maximum Gasteiger partial charge on any atom is 0.336 e. The Bertz CT molecular complexity index is 929. The van der Waals surface area contributed by atoms with E-state index in [-0.39, 0.29) is 22.3 Å². The number of hydrogen-bond acceptors (Lipinski definition) is 6. The minimum absolute atomic E-state index is 0.122. The van der Waals surface area contributed by atoms with Crippen molar-refractivity contribution in [2.45, 2.75) is 0 Å². The molecule has 0 spiro atoms. The Balaban J connectivity index is 2.38. The first-order valence-corrected chi connectivity index (χ1v) is 7.58. The van der Waals surface area contributed by atoms with E-state index in [1.165, 1.54) is 0 Å². The van der Waals surface area contributed by atoms with Crippen molar-refractivity contribution in [3.8, 4) is 0 Å². The molecular formula is C18H14N2O6. The molecule has 0 radical (unpaired) electrons. The Hall–Kier alpha value is -3.68. The van der Waals surface area contributed by atoms with Gasteiger partial charge in [-0.15, -0.1) is 0 Å². The van der Waals surface area contributed by atoms with Gasteiger partial charge in [0.05, 0.1) is 22.3 Å². The van der Waals surface area contributed by atoms with Crippen LogP contribution >= 0.6 is 0 Å². The molecule has 0 bridgehead atoms. The van der Waals surface area contributed by atoms with Gasteiger partial charge in [-0.1, -0.05) is 0 Å². The normalized spacial score (nSPS) is 12.2. The summed E-state index contributed by atoms with van der Waals surface area (Å²) in [5.74, 6) is -4.07. The number of nitrogens with one attached hydrogen (secondary N) is 2. The van der Waals surface area contributed by atoms with Gasteiger partial charge in [0, 0.05) is 36.6 Å². The first kappa shape index (κ1) is 17.2. The average Bonchev–Trinajstić information content (AvgIpc) is 2.63.